The summed E-state index contributed by atoms with van der Waals surface area (Å²) >= 11 is 0. The van der Waals surface area contributed by atoms with Gasteiger partial charge in [-0.2, -0.15) is 0 Å². The minimum Gasteiger partial charge on any atom is -0.465 e. The van der Waals surface area contributed by atoms with E-state index in [9.17, 15) is 14.4 Å². The van der Waals surface area contributed by atoms with Crippen LogP contribution >= 0.6 is 0 Å². The first-order valence-corrected chi connectivity index (χ1v) is 7.09. The number of pyridine rings is 1. The quantitative estimate of drug-likeness (QED) is 0.797. The number of hydrogen-bond donors (Lipinski definition) is 0. The molecule has 3 rings (SSSR count). The van der Waals surface area contributed by atoms with Crippen LogP contribution in [0.15, 0.2) is 41.2 Å². The number of esters is 1. The van der Waals surface area contributed by atoms with Gasteiger partial charge >= 0.3 is 5.97 Å². The van der Waals surface area contributed by atoms with E-state index in [2.05, 4.69) is 4.74 Å². The van der Waals surface area contributed by atoms with Crippen molar-refractivity contribution in [3.05, 3.63) is 63.6 Å². The van der Waals surface area contributed by atoms with E-state index in [1.54, 1.807) is 12.1 Å². The first kappa shape index (κ1) is 14.3. The number of rotatable bonds is 2. The van der Waals surface area contributed by atoms with Gasteiger partial charge in [0.1, 0.15) is 5.56 Å². The van der Waals surface area contributed by atoms with Gasteiger partial charge in [-0.05, 0) is 31.0 Å². The van der Waals surface area contributed by atoms with E-state index in [4.69, 9.17) is 0 Å². The minimum atomic E-state index is -0.726. The Hall–Kier alpha value is -2.69. The van der Waals surface area contributed by atoms with Crippen molar-refractivity contribution in [1.29, 1.82) is 0 Å². The zero-order valence-corrected chi connectivity index (χ0v) is 12.2. The zero-order valence-electron chi connectivity index (χ0n) is 12.2. The molecule has 112 valence electrons. The fourth-order valence-electron chi connectivity index (χ4n) is 2.80. The number of carbonyl (C=O) groups is 2. The van der Waals surface area contributed by atoms with E-state index in [1.807, 2.05) is 18.2 Å². The minimum absolute atomic E-state index is 0.0453. The van der Waals surface area contributed by atoms with Crippen LogP contribution < -0.4 is 5.56 Å². The third-order valence-electron chi connectivity index (χ3n) is 3.84. The van der Waals surface area contributed by atoms with E-state index in [-0.39, 0.29) is 11.3 Å². The topological polar surface area (TPSA) is 65.4 Å². The number of aromatic nitrogens is 1. The maximum absolute atomic E-state index is 12.7. The van der Waals surface area contributed by atoms with Crippen molar-refractivity contribution in [3.8, 4) is 5.69 Å². The first-order chi connectivity index (χ1) is 10.6. The lowest BCUT2D eigenvalue weighted by Gasteiger charge is -2.21. The van der Waals surface area contributed by atoms with Gasteiger partial charge in [-0.25, -0.2) is 4.79 Å². The molecule has 22 heavy (non-hydrogen) atoms. The van der Waals surface area contributed by atoms with Crippen molar-refractivity contribution >= 4 is 11.8 Å². The summed E-state index contributed by atoms with van der Waals surface area (Å²) in [6.07, 6.45) is 1.77. The number of carbonyl (C=O) groups excluding carboxylic acids is 2. The van der Waals surface area contributed by atoms with E-state index in [1.165, 1.54) is 17.7 Å². The third-order valence-corrected chi connectivity index (χ3v) is 3.84. The molecule has 0 radical (unpaired) electrons. The van der Waals surface area contributed by atoms with Gasteiger partial charge in [-0.3, -0.25) is 14.2 Å². The van der Waals surface area contributed by atoms with Gasteiger partial charge in [0.2, 0.25) is 0 Å². The summed E-state index contributed by atoms with van der Waals surface area (Å²) in [5.74, 6) is -0.771. The van der Waals surface area contributed by atoms with Crippen molar-refractivity contribution in [2.75, 3.05) is 7.11 Å². The monoisotopic (exact) mass is 297 g/mol. The number of methoxy groups -OCH3 is 1. The highest BCUT2D eigenvalue weighted by Crippen LogP contribution is 2.23. The van der Waals surface area contributed by atoms with Gasteiger partial charge in [0.15, 0.2) is 5.78 Å². The summed E-state index contributed by atoms with van der Waals surface area (Å²) in [4.78, 5) is 36.7. The molecule has 0 spiro atoms. The summed E-state index contributed by atoms with van der Waals surface area (Å²) in [6, 6.07) is 10.4. The predicted octanol–water partition coefficient (Wildman–Crippen LogP) is 2.14. The number of ether oxygens (including phenoxy) is 1. The Labute approximate surface area is 127 Å². The number of para-hydroxylation sites is 1. The molecule has 1 aliphatic rings. The van der Waals surface area contributed by atoms with Crippen molar-refractivity contribution in [2.24, 2.45) is 0 Å². The van der Waals surface area contributed by atoms with Crippen LogP contribution in [0.25, 0.3) is 5.69 Å². The lowest BCUT2D eigenvalue weighted by molar-refractivity contribution is 0.0598. The van der Waals surface area contributed by atoms with Gasteiger partial charge in [-0.1, -0.05) is 18.2 Å². The van der Waals surface area contributed by atoms with Gasteiger partial charge in [0.25, 0.3) is 5.56 Å². The Balaban J connectivity index is 2.36. The van der Waals surface area contributed by atoms with Crippen LogP contribution in [0.3, 0.4) is 0 Å². The fourth-order valence-corrected chi connectivity index (χ4v) is 2.80. The summed E-state index contributed by atoms with van der Waals surface area (Å²) in [5, 5.41) is 0. The molecule has 0 aliphatic heterocycles. The predicted molar refractivity (Wildman–Crippen MR) is 80.6 cm³/mol. The van der Waals surface area contributed by atoms with Crippen LogP contribution in [0.1, 0.15) is 39.3 Å². The maximum Gasteiger partial charge on any atom is 0.343 e. The Kier molecular flexibility index (Phi) is 3.63. The Bertz CT molecular complexity index is 805. The summed E-state index contributed by atoms with van der Waals surface area (Å²) in [7, 11) is 1.22. The number of benzene rings is 1. The van der Waals surface area contributed by atoms with Crippen LogP contribution in [0, 0.1) is 0 Å². The van der Waals surface area contributed by atoms with Crippen LogP contribution in [0.4, 0.5) is 0 Å². The normalized spacial score (nSPS) is 13.6. The fraction of sp³-hybridized carbons (Fsp3) is 0.235. The molecular formula is C17H15NO4. The lowest BCUT2D eigenvalue weighted by atomic mass is 9.93. The summed E-state index contributed by atoms with van der Waals surface area (Å²) < 4.78 is 6.13. The highest BCUT2D eigenvalue weighted by molar-refractivity contribution is 6.00. The lowest BCUT2D eigenvalue weighted by Crippen LogP contribution is -2.32. The zero-order chi connectivity index (χ0) is 15.7. The highest BCUT2D eigenvalue weighted by Gasteiger charge is 2.26. The molecular weight excluding hydrogens is 282 g/mol. The van der Waals surface area contributed by atoms with Crippen molar-refractivity contribution < 1.29 is 14.3 Å². The average molecular weight is 297 g/mol. The Morgan fingerprint density at radius 3 is 2.55 bits per heavy atom. The molecule has 0 amide bonds. The van der Waals surface area contributed by atoms with Crippen molar-refractivity contribution in [2.45, 2.75) is 19.3 Å². The van der Waals surface area contributed by atoms with Crippen molar-refractivity contribution in [1.82, 2.24) is 4.57 Å². The largest absolute Gasteiger partial charge is 0.465 e. The summed E-state index contributed by atoms with van der Waals surface area (Å²) in [5.41, 5.74) is 1.19. The van der Waals surface area contributed by atoms with Crippen molar-refractivity contribution in [3.63, 3.8) is 0 Å². The number of ketones is 1. The Morgan fingerprint density at radius 2 is 1.86 bits per heavy atom. The molecule has 1 aromatic carbocycles. The number of fused-ring (bicyclic) bond motifs is 1. The molecule has 1 aliphatic carbocycles. The van der Waals surface area contributed by atoms with Crippen LogP contribution in [-0.4, -0.2) is 23.4 Å². The smallest absolute Gasteiger partial charge is 0.343 e. The SMILES string of the molecule is COC(=O)c1cc2c(n(-c3ccccc3)c1=O)CCCC2=O. The second kappa shape index (κ2) is 5.60. The molecule has 5 nitrogen and oxygen atoms in total. The van der Waals surface area contributed by atoms with Gasteiger partial charge < -0.3 is 4.74 Å². The second-order valence-corrected chi connectivity index (χ2v) is 5.16. The van der Waals surface area contributed by atoms with E-state index in [0.29, 0.717) is 36.2 Å². The van der Waals surface area contributed by atoms with Crippen LogP contribution in [0.5, 0.6) is 0 Å². The van der Waals surface area contributed by atoms with Gasteiger partial charge in [0, 0.05) is 23.4 Å². The van der Waals surface area contributed by atoms with Gasteiger partial charge in [0.05, 0.1) is 7.11 Å². The molecule has 1 heterocycles. The molecule has 0 fully saturated rings. The Morgan fingerprint density at radius 1 is 1.14 bits per heavy atom. The highest BCUT2D eigenvalue weighted by atomic mass is 16.5. The second-order valence-electron chi connectivity index (χ2n) is 5.16. The van der Waals surface area contributed by atoms with E-state index in [0.717, 1.165) is 0 Å². The molecule has 0 N–H and O–H groups in total. The third kappa shape index (κ3) is 2.24. The molecule has 0 bridgehead atoms. The molecule has 0 unspecified atom stereocenters. The standard InChI is InChI=1S/C17H15NO4/c1-22-17(21)13-10-12-14(8-5-9-15(12)19)18(16(13)20)11-6-3-2-4-7-11/h2-4,6-7,10H,5,8-9H2,1H3. The molecule has 0 atom stereocenters. The van der Waals surface area contributed by atoms with Crippen LogP contribution in [0.2, 0.25) is 0 Å². The molecule has 0 saturated carbocycles. The summed E-state index contributed by atoms with van der Waals surface area (Å²) in [6.45, 7) is 0. The van der Waals surface area contributed by atoms with E-state index >= 15 is 0 Å². The molecule has 2 aromatic rings. The number of nitrogens with zero attached hydrogens (tertiary/aromatic N) is 1. The number of Topliss-reactive ketones (excluding diaryl/α,β-unsaturated/α-hetero) is 1. The molecule has 1 aromatic heterocycles. The average Bonchev–Trinajstić information content (AvgIpc) is 2.55. The molecule has 5 heteroatoms. The maximum atomic E-state index is 12.7. The molecule has 0 saturated heterocycles. The van der Waals surface area contributed by atoms with Crippen LogP contribution in [-0.2, 0) is 11.2 Å². The van der Waals surface area contributed by atoms with E-state index < -0.39 is 11.5 Å². The van der Waals surface area contributed by atoms with Gasteiger partial charge in [-0.15, -0.1) is 0 Å². The first-order valence-electron chi connectivity index (χ1n) is 7.09. The number of hydrogen-bond acceptors (Lipinski definition) is 4.